The number of aromatic nitrogens is 4. The van der Waals surface area contributed by atoms with E-state index in [1.807, 2.05) is 10.9 Å². The second-order valence-corrected chi connectivity index (χ2v) is 6.43. The van der Waals surface area contributed by atoms with Crippen LogP contribution in [0.4, 0.5) is 0 Å². The van der Waals surface area contributed by atoms with E-state index in [2.05, 4.69) is 26.2 Å². The summed E-state index contributed by atoms with van der Waals surface area (Å²) in [5.41, 5.74) is 0.604. The van der Waals surface area contributed by atoms with E-state index < -0.39 is 0 Å². The van der Waals surface area contributed by atoms with Gasteiger partial charge in [-0.3, -0.25) is 9.58 Å². The van der Waals surface area contributed by atoms with E-state index >= 15 is 0 Å². The first-order chi connectivity index (χ1) is 11.8. The molecule has 0 aromatic carbocycles. The van der Waals surface area contributed by atoms with Gasteiger partial charge in [-0.25, -0.2) is 0 Å². The molecule has 0 spiro atoms. The van der Waals surface area contributed by atoms with Gasteiger partial charge in [0.25, 0.3) is 0 Å². The van der Waals surface area contributed by atoms with Crippen LogP contribution in [-0.4, -0.2) is 51.1 Å². The van der Waals surface area contributed by atoms with Crippen molar-refractivity contribution >= 4 is 0 Å². The van der Waals surface area contributed by atoms with Crippen molar-refractivity contribution in [2.75, 3.05) is 26.3 Å². The fraction of sp³-hybridized carbons (Fsp3) is 0.625. The van der Waals surface area contributed by atoms with Gasteiger partial charge in [-0.05, 0) is 19.3 Å². The van der Waals surface area contributed by atoms with Crippen molar-refractivity contribution in [3.05, 3.63) is 29.7 Å². The van der Waals surface area contributed by atoms with Gasteiger partial charge in [-0.1, -0.05) is 5.16 Å². The zero-order valence-electron chi connectivity index (χ0n) is 13.5. The molecule has 0 saturated carbocycles. The summed E-state index contributed by atoms with van der Waals surface area (Å²) in [6.45, 7) is 4.08. The fourth-order valence-corrected chi connectivity index (χ4v) is 3.41. The molecule has 2 fully saturated rings. The quantitative estimate of drug-likeness (QED) is 0.839. The van der Waals surface area contributed by atoms with Crippen molar-refractivity contribution in [3.8, 4) is 6.07 Å². The van der Waals surface area contributed by atoms with Crippen molar-refractivity contribution in [1.29, 1.82) is 5.26 Å². The summed E-state index contributed by atoms with van der Waals surface area (Å²) in [6, 6.07) is 2.42. The van der Waals surface area contributed by atoms with Crippen LogP contribution >= 0.6 is 0 Å². The molecule has 24 heavy (non-hydrogen) atoms. The maximum Gasteiger partial charge on any atom is 0.229 e. The predicted molar refractivity (Wildman–Crippen MR) is 83.0 cm³/mol. The highest BCUT2D eigenvalue weighted by atomic mass is 16.5. The SMILES string of the molecule is N#Cc1cnn(C2CCN(Cc3noc(C4CCOCC4)n3)C2)c1. The van der Waals surface area contributed by atoms with E-state index in [0.29, 0.717) is 24.1 Å². The summed E-state index contributed by atoms with van der Waals surface area (Å²) in [5, 5.41) is 17.3. The van der Waals surface area contributed by atoms with E-state index in [0.717, 1.165) is 57.3 Å². The highest BCUT2D eigenvalue weighted by Gasteiger charge is 2.27. The van der Waals surface area contributed by atoms with Crippen LogP contribution in [0, 0.1) is 11.3 Å². The average Bonchev–Trinajstić information content (AvgIpc) is 3.36. The molecule has 0 amide bonds. The largest absolute Gasteiger partial charge is 0.381 e. The van der Waals surface area contributed by atoms with Gasteiger partial charge in [-0.2, -0.15) is 15.3 Å². The smallest absolute Gasteiger partial charge is 0.229 e. The van der Waals surface area contributed by atoms with Crippen molar-refractivity contribution < 1.29 is 9.26 Å². The van der Waals surface area contributed by atoms with Gasteiger partial charge >= 0.3 is 0 Å². The van der Waals surface area contributed by atoms with Crippen LogP contribution in [0.3, 0.4) is 0 Å². The average molecular weight is 328 g/mol. The summed E-state index contributed by atoms with van der Waals surface area (Å²) in [4.78, 5) is 6.87. The van der Waals surface area contributed by atoms with Crippen LogP contribution in [-0.2, 0) is 11.3 Å². The highest BCUT2D eigenvalue weighted by Crippen LogP contribution is 2.26. The molecule has 0 N–H and O–H groups in total. The van der Waals surface area contributed by atoms with Gasteiger partial charge in [0.2, 0.25) is 5.89 Å². The fourth-order valence-electron chi connectivity index (χ4n) is 3.41. The Balaban J connectivity index is 1.35. The lowest BCUT2D eigenvalue weighted by molar-refractivity contribution is 0.0778. The van der Waals surface area contributed by atoms with E-state index in [1.165, 1.54) is 0 Å². The summed E-state index contributed by atoms with van der Waals surface area (Å²) in [5.74, 6) is 1.82. The summed E-state index contributed by atoms with van der Waals surface area (Å²) in [6.07, 6.45) is 6.34. The molecule has 8 heteroatoms. The third-order valence-corrected chi connectivity index (χ3v) is 4.77. The molecule has 8 nitrogen and oxygen atoms in total. The second kappa shape index (κ2) is 6.71. The van der Waals surface area contributed by atoms with Crippen LogP contribution in [0.5, 0.6) is 0 Å². The number of nitriles is 1. The summed E-state index contributed by atoms with van der Waals surface area (Å²) >= 11 is 0. The minimum atomic E-state index is 0.300. The zero-order valence-corrected chi connectivity index (χ0v) is 13.5. The Kier molecular flexibility index (Phi) is 4.28. The number of rotatable bonds is 4. The van der Waals surface area contributed by atoms with Gasteiger partial charge in [0.15, 0.2) is 5.82 Å². The van der Waals surface area contributed by atoms with Crippen molar-refractivity contribution in [2.45, 2.75) is 37.8 Å². The minimum absolute atomic E-state index is 0.300. The Morgan fingerprint density at radius 1 is 1.29 bits per heavy atom. The molecule has 2 aromatic rings. The Labute approximate surface area is 140 Å². The molecule has 0 bridgehead atoms. The molecule has 2 saturated heterocycles. The van der Waals surface area contributed by atoms with Gasteiger partial charge in [0.1, 0.15) is 6.07 Å². The number of hydrogen-bond donors (Lipinski definition) is 0. The first-order valence-electron chi connectivity index (χ1n) is 8.38. The third-order valence-electron chi connectivity index (χ3n) is 4.77. The molecule has 0 aliphatic carbocycles. The predicted octanol–water partition coefficient (Wildman–Crippen LogP) is 1.48. The van der Waals surface area contributed by atoms with Crippen molar-refractivity contribution in [3.63, 3.8) is 0 Å². The summed E-state index contributed by atoms with van der Waals surface area (Å²) in [7, 11) is 0. The Morgan fingerprint density at radius 3 is 2.96 bits per heavy atom. The molecule has 4 heterocycles. The molecular formula is C16H20N6O2. The monoisotopic (exact) mass is 328 g/mol. The molecule has 2 aliphatic rings. The zero-order chi connectivity index (χ0) is 16.4. The highest BCUT2D eigenvalue weighted by molar-refractivity contribution is 5.22. The molecule has 2 aromatic heterocycles. The molecule has 126 valence electrons. The van der Waals surface area contributed by atoms with Crippen molar-refractivity contribution in [2.24, 2.45) is 0 Å². The number of likely N-dealkylation sites (tertiary alicyclic amines) is 1. The Morgan fingerprint density at radius 2 is 2.17 bits per heavy atom. The molecule has 0 radical (unpaired) electrons. The topological polar surface area (TPSA) is 93.0 Å². The maximum absolute atomic E-state index is 8.90. The number of hydrogen-bond acceptors (Lipinski definition) is 7. The second-order valence-electron chi connectivity index (χ2n) is 6.43. The van der Waals surface area contributed by atoms with Crippen LogP contribution < -0.4 is 0 Å². The molecule has 1 atom stereocenters. The molecular weight excluding hydrogens is 308 g/mol. The van der Waals surface area contributed by atoms with Gasteiger partial charge < -0.3 is 9.26 Å². The maximum atomic E-state index is 8.90. The molecule has 2 aliphatic heterocycles. The lowest BCUT2D eigenvalue weighted by Gasteiger charge is -2.18. The van der Waals surface area contributed by atoms with E-state index in [4.69, 9.17) is 14.5 Å². The molecule has 4 rings (SSSR count). The van der Waals surface area contributed by atoms with Crippen LogP contribution in [0.15, 0.2) is 16.9 Å². The Hall–Kier alpha value is -2.24. The lowest BCUT2D eigenvalue weighted by atomic mass is 10.0. The number of nitrogens with zero attached hydrogens (tertiary/aromatic N) is 6. The van der Waals surface area contributed by atoms with Gasteiger partial charge in [0, 0.05) is 38.4 Å². The minimum Gasteiger partial charge on any atom is -0.381 e. The van der Waals surface area contributed by atoms with Crippen LogP contribution in [0.1, 0.15) is 48.5 Å². The summed E-state index contributed by atoms with van der Waals surface area (Å²) < 4.78 is 12.7. The number of ether oxygens (including phenoxy) is 1. The first-order valence-corrected chi connectivity index (χ1v) is 8.38. The first kappa shape index (κ1) is 15.3. The third kappa shape index (κ3) is 3.18. The van der Waals surface area contributed by atoms with E-state index in [1.54, 1.807) is 6.20 Å². The Bertz CT molecular complexity index is 727. The van der Waals surface area contributed by atoms with Crippen molar-refractivity contribution in [1.82, 2.24) is 24.8 Å². The van der Waals surface area contributed by atoms with E-state index in [9.17, 15) is 0 Å². The van der Waals surface area contributed by atoms with E-state index in [-0.39, 0.29) is 0 Å². The molecule has 1 unspecified atom stereocenters. The van der Waals surface area contributed by atoms with Crippen LogP contribution in [0.2, 0.25) is 0 Å². The normalized spacial score (nSPS) is 22.7. The van der Waals surface area contributed by atoms with Gasteiger partial charge in [0.05, 0.1) is 24.3 Å². The standard InChI is InChI=1S/C16H20N6O2/c17-7-12-8-18-22(9-12)14-1-4-21(10-14)11-15-19-16(24-20-15)13-2-5-23-6-3-13/h8-9,13-14H,1-6,10-11H2. The lowest BCUT2D eigenvalue weighted by Crippen LogP contribution is -2.22. The van der Waals surface area contributed by atoms with Gasteiger partial charge in [-0.15, -0.1) is 0 Å². The van der Waals surface area contributed by atoms with Crippen LogP contribution in [0.25, 0.3) is 0 Å².